The number of guanidine groups is 1. The molecule has 1 fully saturated rings. The van der Waals surface area contributed by atoms with Gasteiger partial charge >= 0.3 is 0 Å². The smallest absolute Gasteiger partial charge is 0.254 e. The summed E-state index contributed by atoms with van der Waals surface area (Å²) in [6.07, 6.45) is 0. The monoisotopic (exact) mass is 425 g/mol. The van der Waals surface area contributed by atoms with Crippen LogP contribution in [0, 0.1) is 0 Å². The van der Waals surface area contributed by atoms with Crippen molar-refractivity contribution in [3.63, 3.8) is 0 Å². The van der Waals surface area contributed by atoms with Gasteiger partial charge in [-0.3, -0.25) is 9.59 Å². The van der Waals surface area contributed by atoms with E-state index in [4.69, 9.17) is 15.2 Å². The number of hydrogen-bond donors (Lipinski definition) is 3. The fourth-order valence-electron chi connectivity index (χ4n) is 3.16. The first-order valence-electron chi connectivity index (χ1n) is 9.89. The van der Waals surface area contributed by atoms with Gasteiger partial charge < -0.3 is 30.7 Å². The molecule has 9 nitrogen and oxygen atoms in total. The van der Waals surface area contributed by atoms with Crippen molar-refractivity contribution >= 4 is 17.8 Å². The van der Waals surface area contributed by atoms with Gasteiger partial charge in [0.1, 0.15) is 0 Å². The lowest BCUT2D eigenvalue weighted by molar-refractivity contribution is -0.123. The number of piperazine rings is 1. The van der Waals surface area contributed by atoms with Crippen molar-refractivity contribution in [2.24, 2.45) is 10.7 Å². The minimum absolute atomic E-state index is 0.0925. The van der Waals surface area contributed by atoms with Crippen LogP contribution in [0.15, 0.2) is 47.5 Å². The van der Waals surface area contributed by atoms with Gasteiger partial charge in [0.2, 0.25) is 5.91 Å². The van der Waals surface area contributed by atoms with E-state index in [0.29, 0.717) is 49.2 Å². The minimum Gasteiger partial charge on any atom is -0.493 e. The van der Waals surface area contributed by atoms with Crippen molar-refractivity contribution in [1.82, 2.24) is 15.5 Å². The number of carbonyl (C=O) groups excluding carboxylic acids is 2. The standard InChI is InChI=1S/C22H27N5O4/c1-30-18-8-5-16(11-19(18)31-2)13-26-22(23)25-12-15-3-6-17(7-4-15)21(29)27-10-9-24-20(28)14-27/h3-8,11H,9-10,12-14H2,1-2H3,(H,24,28)(H3,23,25,26). The normalized spacial score (nSPS) is 14.1. The Morgan fingerprint density at radius 2 is 1.84 bits per heavy atom. The zero-order valence-corrected chi connectivity index (χ0v) is 17.7. The largest absolute Gasteiger partial charge is 0.493 e. The van der Waals surface area contributed by atoms with Gasteiger partial charge in [-0.2, -0.15) is 0 Å². The van der Waals surface area contributed by atoms with Gasteiger partial charge in [0.15, 0.2) is 17.5 Å². The molecule has 0 unspecified atom stereocenters. The Morgan fingerprint density at radius 3 is 2.52 bits per heavy atom. The molecule has 3 rings (SSSR count). The highest BCUT2D eigenvalue weighted by Crippen LogP contribution is 2.27. The predicted octanol–water partition coefficient (Wildman–Crippen LogP) is 0.880. The molecule has 0 spiro atoms. The lowest BCUT2D eigenvalue weighted by Gasteiger charge is -2.26. The number of methoxy groups -OCH3 is 2. The topological polar surface area (TPSA) is 118 Å². The quantitative estimate of drug-likeness (QED) is 0.448. The van der Waals surface area contributed by atoms with E-state index in [-0.39, 0.29) is 18.4 Å². The fraction of sp³-hybridized carbons (Fsp3) is 0.318. The first-order chi connectivity index (χ1) is 15.0. The van der Waals surface area contributed by atoms with E-state index in [1.165, 1.54) is 0 Å². The van der Waals surface area contributed by atoms with Crippen LogP contribution in [0.5, 0.6) is 11.5 Å². The highest BCUT2D eigenvalue weighted by atomic mass is 16.5. The first-order valence-corrected chi connectivity index (χ1v) is 9.89. The molecule has 1 aliphatic heterocycles. The maximum absolute atomic E-state index is 12.5. The Morgan fingerprint density at radius 1 is 1.13 bits per heavy atom. The van der Waals surface area contributed by atoms with Crippen LogP contribution in [-0.2, 0) is 17.9 Å². The number of hydrogen-bond acceptors (Lipinski definition) is 5. The van der Waals surface area contributed by atoms with Gasteiger partial charge in [0, 0.05) is 25.2 Å². The summed E-state index contributed by atoms with van der Waals surface area (Å²) in [7, 11) is 3.18. The summed E-state index contributed by atoms with van der Waals surface area (Å²) in [4.78, 5) is 29.9. The molecule has 31 heavy (non-hydrogen) atoms. The average Bonchev–Trinajstić information content (AvgIpc) is 2.81. The van der Waals surface area contributed by atoms with E-state index >= 15 is 0 Å². The molecular weight excluding hydrogens is 398 g/mol. The summed E-state index contributed by atoms with van der Waals surface area (Å²) in [6, 6.07) is 12.8. The molecule has 4 N–H and O–H groups in total. The molecule has 2 aromatic rings. The van der Waals surface area contributed by atoms with Crippen LogP contribution in [0.3, 0.4) is 0 Å². The third kappa shape index (κ3) is 5.88. The third-order valence-corrected chi connectivity index (χ3v) is 4.88. The van der Waals surface area contributed by atoms with Crippen molar-refractivity contribution in [2.45, 2.75) is 13.1 Å². The number of nitrogens with two attached hydrogens (primary N) is 1. The second-order valence-corrected chi connectivity index (χ2v) is 7.02. The number of benzene rings is 2. The minimum atomic E-state index is -0.148. The molecule has 0 saturated carbocycles. The Labute approximate surface area is 181 Å². The van der Waals surface area contributed by atoms with Gasteiger partial charge in [0.25, 0.3) is 5.91 Å². The van der Waals surface area contributed by atoms with E-state index in [1.54, 1.807) is 31.3 Å². The molecule has 0 aromatic heterocycles. The molecule has 2 amide bonds. The number of aliphatic imine (C=N–C) groups is 1. The molecule has 164 valence electrons. The molecule has 1 saturated heterocycles. The molecule has 0 aliphatic carbocycles. The average molecular weight is 425 g/mol. The van der Waals surface area contributed by atoms with Gasteiger partial charge in [0.05, 0.1) is 27.3 Å². The van der Waals surface area contributed by atoms with Crippen LogP contribution in [-0.4, -0.2) is 56.5 Å². The molecule has 0 radical (unpaired) electrons. The molecule has 9 heteroatoms. The van der Waals surface area contributed by atoms with E-state index < -0.39 is 0 Å². The molecule has 0 bridgehead atoms. The Balaban J connectivity index is 1.52. The Kier molecular flexibility index (Phi) is 7.31. The second-order valence-electron chi connectivity index (χ2n) is 7.02. The van der Waals surface area contributed by atoms with Crippen LogP contribution >= 0.6 is 0 Å². The maximum atomic E-state index is 12.5. The van der Waals surface area contributed by atoms with Crippen LogP contribution in [0.25, 0.3) is 0 Å². The number of ether oxygens (including phenoxy) is 2. The SMILES string of the molecule is COc1ccc(CN=C(N)NCc2ccc(C(=O)N3CCNC(=O)C3)cc2)cc1OC. The second kappa shape index (κ2) is 10.3. The summed E-state index contributed by atoms with van der Waals surface area (Å²) in [5, 5.41) is 5.77. The summed E-state index contributed by atoms with van der Waals surface area (Å²) >= 11 is 0. The molecule has 1 aliphatic rings. The van der Waals surface area contributed by atoms with Crippen LogP contribution in [0.4, 0.5) is 0 Å². The maximum Gasteiger partial charge on any atom is 0.254 e. The van der Waals surface area contributed by atoms with E-state index in [2.05, 4.69) is 15.6 Å². The van der Waals surface area contributed by atoms with E-state index in [1.807, 2.05) is 30.3 Å². The summed E-state index contributed by atoms with van der Waals surface area (Å²) < 4.78 is 10.5. The zero-order valence-electron chi connectivity index (χ0n) is 17.7. The molecule has 0 atom stereocenters. The van der Waals surface area contributed by atoms with E-state index in [0.717, 1.165) is 11.1 Å². The summed E-state index contributed by atoms with van der Waals surface area (Å²) in [5.41, 5.74) is 8.42. The number of nitrogens with one attached hydrogen (secondary N) is 2. The molecule has 2 aromatic carbocycles. The number of nitrogens with zero attached hydrogens (tertiary/aromatic N) is 2. The van der Waals surface area contributed by atoms with Crippen molar-refractivity contribution < 1.29 is 19.1 Å². The van der Waals surface area contributed by atoms with Crippen LogP contribution in [0.2, 0.25) is 0 Å². The van der Waals surface area contributed by atoms with Gasteiger partial charge in [-0.15, -0.1) is 0 Å². The van der Waals surface area contributed by atoms with E-state index in [9.17, 15) is 9.59 Å². The van der Waals surface area contributed by atoms with Crippen molar-refractivity contribution in [3.8, 4) is 11.5 Å². The van der Waals surface area contributed by atoms with Crippen LogP contribution in [0.1, 0.15) is 21.5 Å². The Bertz CT molecular complexity index is 959. The Hall–Kier alpha value is -3.75. The van der Waals surface area contributed by atoms with Crippen molar-refractivity contribution in [2.75, 3.05) is 33.9 Å². The van der Waals surface area contributed by atoms with Crippen LogP contribution < -0.4 is 25.8 Å². The number of amides is 2. The molecule has 1 heterocycles. The van der Waals surface area contributed by atoms with Crippen molar-refractivity contribution in [3.05, 3.63) is 59.2 Å². The van der Waals surface area contributed by atoms with Gasteiger partial charge in [-0.05, 0) is 35.4 Å². The first kappa shape index (κ1) is 21.9. The number of rotatable bonds is 7. The highest BCUT2D eigenvalue weighted by molar-refractivity contribution is 5.97. The molecular formula is C22H27N5O4. The zero-order chi connectivity index (χ0) is 22.2. The van der Waals surface area contributed by atoms with Gasteiger partial charge in [-0.25, -0.2) is 4.99 Å². The third-order valence-electron chi connectivity index (χ3n) is 4.88. The lowest BCUT2D eigenvalue weighted by Crippen LogP contribution is -2.49. The summed E-state index contributed by atoms with van der Waals surface area (Å²) in [5.74, 6) is 1.33. The predicted molar refractivity (Wildman–Crippen MR) is 117 cm³/mol. The van der Waals surface area contributed by atoms with Gasteiger partial charge in [-0.1, -0.05) is 18.2 Å². The highest BCUT2D eigenvalue weighted by Gasteiger charge is 2.22. The fourth-order valence-corrected chi connectivity index (χ4v) is 3.16. The number of carbonyl (C=O) groups is 2. The van der Waals surface area contributed by atoms with Crippen molar-refractivity contribution in [1.29, 1.82) is 0 Å². The lowest BCUT2D eigenvalue weighted by atomic mass is 10.1. The summed E-state index contributed by atoms with van der Waals surface area (Å²) in [6.45, 7) is 1.96.